The van der Waals surface area contributed by atoms with E-state index in [9.17, 15) is 43.9 Å². The van der Waals surface area contributed by atoms with Crippen molar-refractivity contribution in [1.29, 1.82) is 0 Å². The molecule has 1 aromatic heterocycles. The molecule has 1 saturated heterocycles. The summed E-state index contributed by atoms with van der Waals surface area (Å²) < 4.78 is 52.8. The highest BCUT2D eigenvalue weighted by Gasteiger charge is 2.49. The zero-order chi connectivity index (χ0) is 26.4. The van der Waals surface area contributed by atoms with Crippen molar-refractivity contribution in [2.45, 2.75) is 30.7 Å². The molecule has 1 aliphatic heterocycles. The Morgan fingerprint density at radius 3 is 2.25 bits per heavy atom. The van der Waals surface area contributed by atoms with Crippen LogP contribution in [0, 0.1) is 0 Å². The van der Waals surface area contributed by atoms with Gasteiger partial charge in [0.1, 0.15) is 46.5 Å². The molecule has 0 bridgehead atoms. The molecule has 15 heteroatoms. The van der Waals surface area contributed by atoms with Gasteiger partial charge in [-0.2, -0.15) is 8.42 Å². The fourth-order valence-corrected chi connectivity index (χ4v) is 4.17. The van der Waals surface area contributed by atoms with Gasteiger partial charge >= 0.3 is 10.4 Å². The van der Waals surface area contributed by atoms with E-state index in [2.05, 4.69) is 4.18 Å². The third-order valence-corrected chi connectivity index (χ3v) is 5.80. The molecular weight excluding hydrogens is 508 g/mol. The molecule has 1 fully saturated rings. The minimum atomic E-state index is -5.24. The molecule has 0 amide bonds. The Kier molecular flexibility index (Phi) is 6.80. The summed E-state index contributed by atoms with van der Waals surface area (Å²) in [5, 5.41) is 59.1. The van der Waals surface area contributed by atoms with Crippen LogP contribution in [0.25, 0.3) is 22.3 Å². The van der Waals surface area contributed by atoms with Gasteiger partial charge in [0.2, 0.25) is 17.5 Å². The SMILES string of the molecule is O=c1c(O[C@@H]2OC(CO)[C@H](O)[C@H](O)C2OS(=O)(=O)O)c(-c2ccc(O)cc2)oc2cc(O)cc(O)c12. The maximum absolute atomic E-state index is 13.4. The Balaban J connectivity index is 1.91. The number of aromatic hydroxyl groups is 3. The molecule has 2 heterocycles. The van der Waals surface area contributed by atoms with Crippen molar-refractivity contribution in [3.05, 3.63) is 46.6 Å². The van der Waals surface area contributed by atoms with Crippen molar-refractivity contribution in [2.24, 2.45) is 0 Å². The van der Waals surface area contributed by atoms with Crippen LogP contribution in [0.15, 0.2) is 45.6 Å². The first-order valence-electron chi connectivity index (χ1n) is 10.2. The van der Waals surface area contributed by atoms with Crippen LogP contribution in [0.5, 0.6) is 23.0 Å². The van der Waals surface area contributed by atoms with Gasteiger partial charge in [-0.1, -0.05) is 0 Å². The Morgan fingerprint density at radius 1 is 0.972 bits per heavy atom. The number of phenols is 3. The summed E-state index contributed by atoms with van der Waals surface area (Å²) in [6.07, 6.45) is -9.65. The third kappa shape index (κ3) is 4.93. The van der Waals surface area contributed by atoms with Crippen molar-refractivity contribution >= 4 is 21.4 Å². The molecule has 0 aliphatic carbocycles. The van der Waals surface area contributed by atoms with Crippen LogP contribution in [0.2, 0.25) is 0 Å². The van der Waals surface area contributed by atoms with Crippen molar-refractivity contribution in [3.8, 4) is 34.3 Å². The number of aliphatic hydroxyl groups excluding tert-OH is 3. The Hall–Kier alpha value is -3.44. The fraction of sp³-hybridized carbons (Fsp3) is 0.286. The van der Waals surface area contributed by atoms with E-state index in [-0.39, 0.29) is 22.7 Å². The zero-order valence-corrected chi connectivity index (χ0v) is 18.8. The van der Waals surface area contributed by atoms with Crippen molar-refractivity contribution in [1.82, 2.24) is 0 Å². The summed E-state index contributed by atoms with van der Waals surface area (Å²) in [7, 11) is -5.24. The molecule has 3 aromatic rings. The van der Waals surface area contributed by atoms with Gasteiger partial charge in [-0.15, -0.1) is 0 Å². The molecule has 1 aliphatic rings. The summed E-state index contributed by atoms with van der Waals surface area (Å²) in [5.74, 6) is -2.32. The Labute approximate surface area is 201 Å². The molecule has 5 atom stereocenters. The van der Waals surface area contributed by atoms with Crippen LogP contribution in [-0.4, -0.2) is 80.9 Å². The first-order chi connectivity index (χ1) is 16.9. The lowest BCUT2D eigenvalue weighted by Gasteiger charge is -2.40. The minimum absolute atomic E-state index is 0.131. The normalized spacial score (nSPS) is 24.6. The predicted octanol–water partition coefficient (Wildman–Crippen LogP) is -0.417. The Morgan fingerprint density at radius 2 is 1.64 bits per heavy atom. The minimum Gasteiger partial charge on any atom is -0.508 e. The fourth-order valence-electron chi connectivity index (χ4n) is 3.69. The number of benzene rings is 2. The summed E-state index contributed by atoms with van der Waals surface area (Å²) in [5.41, 5.74) is -1.17. The highest BCUT2D eigenvalue weighted by atomic mass is 32.3. The molecule has 194 valence electrons. The third-order valence-electron chi connectivity index (χ3n) is 5.34. The highest BCUT2D eigenvalue weighted by Crippen LogP contribution is 2.37. The van der Waals surface area contributed by atoms with Crippen LogP contribution in [0.3, 0.4) is 0 Å². The largest absolute Gasteiger partial charge is 0.508 e. The standard InChI is InChI=1S/C21H20O14S/c22-7-13-15(26)17(28)20(35-36(29,30)31)21(33-13)34-19-16(27)14-11(25)5-10(24)6-12(14)32-18(19)8-1-3-9(23)4-2-8/h1-6,13,15,17,20-26,28H,7H2,(H,29,30,31)/t13?,15-,17-,20?,21-/m0/s1. The van der Waals surface area contributed by atoms with Crippen LogP contribution >= 0.6 is 0 Å². The second-order valence-corrected chi connectivity index (χ2v) is 8.84. The monoisotopic (exact) mass is 528 g/mol. The first-order valence-corrected chi connectivity index (χ1v) is 11.5. The van der Waals surface area contributed by atoms with Gasteiger partial charge in [0.05, 0.1) is 6.61 Å². The van der Waals surface area contributed by atoms with Crippen LogP contribution in [0.1, 0.15) is 0 Å². The average Bonchev–Trinajstić information content (AvgIpc) is 2.79. The van der Waals surface area contributed by atoms with Gasteiger partial charge in [-0.25, -0.2) is 4.18 Å². The van der Waals surface area contributed by atoms with Crippen LogP contribution < -0.4 is 10.2 Å². The summed E-state index contributed by atoms with van der Waals surface area (Å²) in [4.78, 5) is 13.4. The van der Waals surface area contributed by atoms with Gasteiger partial charge in [0.15, 0.2) is 11.9 Å². The topological polar surface area (TPSA) is 234 Å². The molecular formula is C21H20O14S. The van der Waals surface area contributed by atoms with Crippen molar-refractivity contribution in [2.75, 3.05) is 6.61 Å². The molecule has 7 N–H and O–H groups in total. The summed E-state index contributed by atoms with van der Waals surface area (Å²) in [6.45, 7) is -0.867. The maximum Gasteiger partial charge on any atom is 0.397 e. The quantitative estimate of drug-likeness (QED) is 0.201. The van der Waals surface area contributed by atoms with E-state index in [0.29, 0.717) is 0 Å². The average molecular weight is 528 g/mol. The number of phenolic OH excluding ortho intramolecular Hbond substituents is 3. The zero-order valence-electron chi connectivity index (χ0n) is 18.0. The van der Waals surface area contributed by atoms with Gasteiger partial charge in [0, 0.05) is 17.7 Å². The van der Waals surface area contributed by atoms with E-state index < -0.39 is 75.8 Å². The van der Waals surface area contributed by atoms with Gasteiger partial charge in [-0.3, -0.25) is 9.35 Å². The second kappa shape index (κ2) is 9.55. The van der Waals surface area contributed by atoms with E-state index >= 15 is 0 Å². The first kappa shape index (κ1) is 25.6. The number of ether oxygens (including phenoxy) is 2. The number of aliphatic hydroxyl groups is 3. The molecule has 0 spiro atoms. The molecule has 2 aromatic carbocycles. The number of fused-ring (bicyclic) bond motifs is 1. The lowest BCUT2D eigenvalue weighted by atomic mass is 9.99. The molecule has 36 heavy (non-hydrogen) atoms. The molecule has 2 unspecified atom stereocenters. The van der Waals surface area contributed by atoms with E-state index in [0.717, 1.165) is 12.1 Å². The van der Waals surface area contributed by atoms with Crippen molar-refractivity contribution in [3.63, 3.8) is 0 Å². The molecule has 0 radical (unpaired) electrons. The lowest BCUT2D eigenvalue weighted by Crippen LogP contribution is -2.61. The van der Waals surface area contributed by atoms with E-state index in [4.69, 9.17) is 18.4 Å². The van der Waals surface area contributed by atoms with E-state index in [1.54, 1.807) is 0 Å². The van der Waals surface area contributed by atoms with E-state index in [1.807, 2.05) is 0 Å². The van der Waals surface area contributed by atoms with E-state index in [1.165, 1.54) is 24.3 Å². The summed E-state index contributed by atoms with van der Waals surface area (Å²) >= 11 is 0. The van der Waals surface area contributed by atoms with Gasteiger partial charge in [-0.05, 0) is 24.3 Å². The molecule has 4 rings (SSSR count). The maximum atomic E-state index is 13.4. The number of hydrogen-bond donors (Lipinski definition) is 7. The lowest BCUT2D eigenvalue weighted by molar-refractivity contribution is -0.271. The Bertz CT molecular complexity index is 1430. The molecule has 14 nitrogen and oxygen atoms in total. The summed E-state index contributed by atoms with van der Waals surface area (Å²) in [6, 6.07) is 7.01. The second-order valence-electron chi connectivity index (χ2n) is 7.79. The number of rotatable bonds is 6. The number of hydrogen-bond acceptors (Lipinski definition) is 13. The molecule has 0 saturated carbocycles. The van der Waals surface area contributed by atoms with Crippen molar-refractivity contribution < 1.29 is 61.7 Å². The van der Waals surface area contributed by atoms with Gasteiger partial charge < -0.3 is 44.5 Å². The predicted molar refractivity (Wildman–Crippen MR) is 118 cm³/mol. The van der Waals surface area contributed by atoms with Crippen LogP contribution in [-0.2, 0) is 19.3 Å². The van der Waals surface area contributed by atoms with Gasteiger partial charge in [0.25, 0.3) is 0 Å². The van der Waals surface area contributed by atoms with Crippen LogP contribution in [0.4, 0.5) is 0 Å². The smallest absolute Gasteiger partial charge is 0.397 e. The highest BCUT2D eigenvalue weighted by molar-refractivity contribution is 7.80.